The molecule has 0 spiro atoms. The van der Waals surface area contributed by atoms with Gasteiger partial charge < -0.3 is 14.8 Å². The summed E-state index contributed by atoms with van der Waals surface area (Å²) in [4.78, 5) is 42.7. The van der Waals surface area contributed by atoms with Crippen LogP contribution in [0.4, 0.5) is 0 Å². The second-order valence-electron chi connectivity index (χ2n) is 6.72. The molecule has 33 heavy (non-hydrogen) atoms. The van der Waals surface area contributed by atoms with Gasteiger partial charge in [0.1, 0.15) is 10.4 Å². The Morgan fingerprint density at radius 2 is 2.09 bits per heavy atom. The minimum Gasteiger partial charge on any atom is -0.483 e. The van der Waals surface area contributed by atoms with Gasteiger partial charge in [-0.3, -0.25) is 19.8 Å². The minimum atomic E-state index is -0.537. The van der Waals surface area contributed by atoms with Gasteiger partial charge in [-0.15, -0.1) is 11.3 Å². The van der Waals surface area contributed by atoms with Crippen LogP contribution < -0.4 is 21.0 Å². The number of rotatable bonds is 11. The highest BCUT2D eigenvalue weighted by molar-refractivity contribution is 9.10. The van der Waals surface area contributed by atoms with Crippen LogP contribution in [0.25, 0.3) is 10.2 Å². The van der Waals surface area contributed by atoms with Gasteiger partial charge in [-0.05, 0) is 45.9 Å². The minimum absolute atomic E-state index is 0.200. The van der Waals surface area contributed by atoms with Crippen LogP contribution in [-0.2, 0) is 14.3 Å². The number of benzene rings is 1. The molecule has 0 radical (unpaired) electrons. The first-order valence-corrected chi connectivity index (χ1v) is 12.6. The molecule has 0 aliphatic heterocycles. The van der Waals surface area contributed by atoms with Crippen LogP contribution in [0.3, 0.4) is 0 Å². The van der Waals surface area contributed by atoms with Crippen LogP contribution in [0.5, 0.6) is 5.75 Å². The molecule has 2 heterocycles. The number of aromatic nitrogens is 2. The van der Waals surface area contributed by atoms with E-state index in [9.17, 15) is 14.4 Å². The molecule has 2 amide bonds. The summed E-state index contributed by atoms with van der Waals surface area (Å²) in [5.74, 6) is -0.237. The van der Waals surface area contributed by atoms with Crippen molar-refractivity contribution >= 4 is 61.1 Å². The number of fused-ring (bicyclic) bond motifs is 1. The van der Waals surface area contributed by atoms with E-state index in [1.807, 2.05) is 13.0 Å². The molecular formula is C21H23BrN4O5S2. The number of thiophene rings is 1. The molecule has 0 saturated carbocycles. The van der Waals surface area contributed by atoms with Crippen molar-refractivity contribution in [3.8, 4) is 5.75 Å². The molecule has 2 aromatic heterocycles. The molecule has 176 valence electrons. The molecule has 3 aromatic rings. The van der Waals surface area contributed by atoms with Gasteiger partial charge in [0, 0.05) is 13.7 Å². The van der Waals surface area contributed by atoms with E-state index in [1.165, 1.54) is 11.3 Å². The average molecular weight is 555 g/mol. The molecule has 0 aliphatic carbocycles. The van der Waals surface area contributed by atoms with Gasteiger partial charge >= 0.3 is 0 Å². The Hall–Kier alpha value is -2.41. The van der Waals surface area contributed by atoms with Crippen LogP contribution >= 0.6 is 39.0 Å². The number of carbonyl (C=O) groups is 2. The van der Waals surface area contributed by atoms with Gasteiger partial charge in [0.05, 0.1) is 21.8 Å². The second-order valence-corrected chi connectivity index (χ2v) is 9.66. The number of amides is 2. The standard InChI is InChI=1S/C21H23BrN4O5S2/c1-3-16(19(28)23-9-10-30-2)33-21-24-14-8-11-32-18(14)20(29)26(21)25-17(27)12-31-15-7-5-4-6-13(15)22/h4-8,11,16H,3,9-10,12H2,1-2H3,(H,23,28)(H,25,27)/t16-/m0/s1. The van der Waals surface area contributed by atoms with E-state index in [2.05, 4.69) is 31.7 Å². The zero-order valence-electron chi connectivity index (χ0n) is 18.0. The normalized spacial score (nSPS) is 11.8. The van der Waals surface area contributed by atoms with E-state index in [-0.39, 0.29) is 17.7 Å². The fourth-order valence-electron chi connectivity index (χ4n) is 2.77. The third-order valence-corrected chi connectivity index (χ3v) is 7.26. The van der Waals surface area contributed by atoms with Crippen molar-refractivity contribution in [2.45, 2.75) is 23.8 Å². The summed E-state index contributed by atoms with van der Waals surface area (Å²) in [6.45, 7) is 2.32. The molecule has 3 rings (SSSR count). The number of para-hydroxylation sites is 1. The van der Waals surface area contributed by atoms with Crippen LogP contribution in [0.1, 0.15) is 13.3 Å². The number of hydrogen-bond acceptors (Lipinski definition) is 8. The van der Waals surface area contributed by atoms with Crippen molar-refractivity contribution in [1.29, 1.82) is 0 Å². The molecule has 2 N–H and O–H groups in total. The Labute approximate surface area is 207 Å². The molecule has 0 unspecified atom stereocenters. The number of thioether (sulfide) groups is 1. The van der Waals surface area contributed by atoms with Crippen LogP contribution in [0.2, 0.25) is 0 Å². The highest BCUT2D eigenvalue weighted by atomic mass is 79.9. The lowest BCUT2D eigenvalue weighted by Crippen LogP contribution is -2.38. The van der Waals surface area contributed by atoms with E-state index >= 15 is 0 Å². The fourth-order valence-corrected chi connectivity index (χ4v) is 4.93. The second kappa shape index (κ2) is 12.2. The molecule has 0 fully saturated rings. The van der Waals surface area contributed by atoms with Crippen molar-refractivity contribution in [3.63, 3.8) is 0 Å². The van der Waals surface area contributed by atoms with E-state index < -0.39 is 16.7 Å². The van der Waals surface area contributed by atoms with Gasteiger partial charge in [0.15, 0.2) is 11.8 Å². The predicted octanol–water partition coefficient (Wildman–Crippen LogP) is 3.00. The van der Waals surface area contributed by atoms with E-state index in [1.54, 1.807) is 36.8 Å². The number of nitrogens with zero attached hydrogens (tertiary/aromatic N) is 2. The number of ether oxygens (including phenoxy) is 2. The molecule has 0 bridgehead atoms. The van der Waals surface area contributed by atoms with Gasteiger partial charge in [-0.1, -0.05) is 30.8 Å². The number of carbonyl (C=O) groups excluding carboxylic acids is 2. The molecule has 0 saturated heterocycles. The van der Waals surface area contributed by atoms with Crippen molar-refractivity contribution in [2.24, 2.45) is 0 Å². The number of nitrogens with one attached hydrogen (secondary N) is 2. The third-order valence-electron chi connectivity index (χ3n) is 4.40. The quantitative estimate of drug-likeness (QED) is 0.213. The third kappa shape index (κ3) is 6.56. The Balaban J connectivity index is 1.81. The monoisotopic (exact) mass is 554 g/mol. The molecule has 1 atom stereocenters. The highest BCUT2D eigenvalue weighted by Crippen LogP contribution is 2.26. The molecular weight excluding hydrogens is 532 g/mol. The van der Waals surface area contributed by atoms with Gasteiger partial charge in [0.2, 0.25) is 5.91 Å². The lowest BCUT2D eigenvalue weighted by Gasteiger charge is -2.18. The number of hydrogen-bond donors (Lipinski definition) is 2. The highest BCUT2D eigenvalue weighted by Gasteiger charge is 2.23. The lowest BCUT2D eigenvalue weighted by molar-refractivity contribution is -0.121. The van der Waals surface area contributed by atoms with Crippen molar-refractivity contribution in [3.05, 3.63) is 50.5 Å². The van der Waals surface area contributed by atoms with Crippen molar-refractivity contribution in [1.82, 2.24) is 15.0 Å². The maximum Gasteiger partial charge on any atom is 0.291 e. The summed E-state index contributed by atoms with van der Waals surface area (Å²) < 4.78 is 12.7. The summed E-state index contributed by atoms with van der Waals surface area (Å²) in [5.41, 5.74) is 2.66. The topological polar surface area (TPSA) is 112 Å². The summed E-state index contributed by atoms with van der Waals surface area (Å²) in [7, 11) is 1.56. The zero-order valence-corrected chi connectivity index (χ0v) is 21.2. The zero-order chi connectivity index (χ0) is 23.8. The smallest absolute Gasteiger partial charge is 0.291 e. The van der Waals surface area contributed by atoms with Crippen LogP contribution in [0.15, 0.2) is 50.1 Å². The first-order valence-electron chi connectivity index (χ1n) is 10.0. The van der Waals surface area contributed by atoms with Gasteiger partial charge in [-0.25, -0.2) is 4.98 Å². The number of methoxy groups -OCH3 is 1. The maximum atomic E-state index is 13.1. The van der Waals surface area contributed by atoms with E-state index in [0.29, 0.717) is 40.0 Å². The SMILES string of the molecule is CC[C@H](Sc1nc2ccsc2c(=O)n1NC(=O)COc1ccccc1Br)C(=O)NCCOC. The molecule has 9 nitrogen and oxygen atoms in total. The Bertz CT molecular complexity index is 1180. The van der Waals surface area contributed by atoms with Crippen molar-refractivity contribution < 1.29 is 19.1 Å². The van der Waals surface area contributed by atoms with Crippen LogP contribution in [0, 0.1) is 0 Å². The predicted molar refractivity (Wildman–Crippen MR) is 133 cm³/mol. The summed E-state index contributed by atoms with van der Waals surface area (Å²) >= 11 is 5.71. The lowest BCUT2D eigenvalue weighted by atomic mass is 10.3. The van der Waals surface area contributed by atoms with Gasteiger partial charge in [-0.2, -0.15) is 4.68 Å². The maximum absolute atomic E-state index is 13.1. The fraction of sp³-hybridized carbons (Fsp3) is 0.333. The Morgan fingerprint density at radius 3 is 2.82 bits per heavy atom. The van der Waals surface area contributed by atoms with Crippen LogP contribution in [-0.4, -0.2) is 53.6 Å². The number of halogens is 1. The summed E-state index contributed by atoms with van der Waals surface area (Å²) in [6, 6.07) is 8.86. The molecule has 12 heteroatoms. The Morgan fingerprint density at radius 1 is 1.30 bits per heavy atom. The largest absolute Gasteiger partial charge is 0.483 e. The average Bonchev–Trinajstić information content (AvgIpc) is 3.28. The van der Waals surface area contributed by atoms with Gasteiger partial charge in [0.25, 0.3) is 11.5 Å². The molecule has 0 aliphatic rings. The first kappa shape index (κ1) is 25.2. The molecule has 1 aromatic carbocycles. The summed E-state index contributed by atoms with van der Waals surface area (Å²) in [5, 5.41) is 4.26. The summed E-state index contributed by atoms with van der Waals surface area (Å²) in [6.07, 6.45) is 0.500. The Kier molecular flexibility index (Phi) is 9.30. The first-order chi connectivity index (χ1) is 15.9. The van der Waals surface area contributed by atoms with Crippen molar-refractivity contribution in [2.75, 3.05) is 32.3 Å². The van der Waals surface area contributed by atoms with E-state index in [0.717, 1.165) is 16.4 Å². The van der Waals surface area contributed by atoms with E-state index in [4.69, 9.17) is 9.47 Å².